The highest BCUT2D eigenvalue weighted by Gasteiger charge is 2.04. The van der Waals surface area contributed by atoms with E-state index in [1.807, 2.05) is 13.8 Å². The second kappa shape index (κ2) is 7.78. The molecule has 0 bridgehead atoms. The van der Waals surface area contributed by atoms with Gasteiger partial charge in [-0.2, -0.15) is 0 Å². The number of carbonyl (C=O) groups is 1. The number of hydrogen-bond acceptors (Lipinski definition) is 5. The molecule has 0 aliphatic rings. The molecular weight excluding hydrogens is 234 g/mol. The van der Waals surface area contributed by atoms with Crippen molar-refractivity contribution in [2.24, 2.45) is 5.92 Å². The monoisotopic (exact) mass is 255 g/mol. The van der Waals surface area contributed by atoms with Crippen LogP contribution in [0.5, 0.6) is 0 Å². The third-order valence-corrected chi connectivity index (χ3v) is 2.35. The molecule has 0 saturated carbocycles. The number of rotatable bonds is 8. The van der Waals surface area contributed by atoms with Crippen LogP contribution in [0.15, 0.2) is 6.20 Å². The van der Waals surface area contributed by atoms with Gasteiger partial charge in [-0.1, -0.05) is 19.1 Å². The van der Waals surface area contributed by atoms with E-state index >= 15 is 0 Å². The van der Waals surface area contributed by atoms with Crippen LogP contribution in [-0.2, 0) is 17.9 Å². The van der Waals surface area contributed by atoms with Crippen molar-refractivity contribution >= 4 is 5.91 Å². The van der Waals surface area contributed by atoms with E-state index in [2.05, 4.69) is 20.9 Å². The molecule has 0 spiro atoms. The molecule has 0 radical (unpaired) electrons. The first-order chi connectivity index (χ1) is 8.63. The quantitative estimate of drug-likeness (QED) is 0.525. The summed E-state index contributed by atoms with van der Waals surface area (Å²) in [4.78, 5) is 11.3. The lowest BCUT2D eigenvalue weighted by atomic mass is 10.2. The van der Waals surface area contributed by atoms with Crippen molar-refractivity contribution in [1.82, 2.24) is 25.6 Å². The summed E-state index contributed by atoms with van der Waals surface area (Å²) in [6, 6.07) is 0. The molecule has 0 atom stereocenters. The molecule has 0 fully saturated rings. The smallest absolute Gasteiger partial charge is 0.222 e. The van der Waals surface area contributed by atoms with Crippen LogP contribution in [0.2, 0.25) is 0 Å². The van der Waals surface area contributed by atoms with Gasteiger partial charge in [0.1, 0.15) is 0 Å². The average molecular weight is 255 g/mol. The van der Waals surface area contributed by atoms with Crippen LogP contribution in [0, 0.1) is 5.92 Å². The lowest BCUT2D eigenvalue weighted by Gasteiger charge is -2.07. The Morgan fingerprint density at radius 3 is 2.94 bits per heavy atom. The van der Waals surface area contributed by atoms with Gasteiger partial charge < -0.3 is 15.7 Å². The number of aliphatic hydroxyl groups excluding tert-OH is 1. The maximum Gasteiger partial charge on any atom is 0.222 e. The lowest BCUT2D eigenvalue weighted by Crippen LogP contribution is -2.34. The topological polar surface area (TPSA) is 92.1 Å². The van der Waals surface area contributed by atoms with E-state index in [9.17, 15) is 4.79 Å². The molecule has 1 aromatic rings. The Bertz CT molecular complexity index is 364. The summed E-state index contributed by atoms with van der Waals surface area (Å²) >= 11 is 0. The van der Waals surface area contributed by atoms with Crippen LogP contribution >= 0.6 is 0 Å². The number of hydrogen-bond donors (Lipinski definition) is 3. The summed E-state index contributed by atoms with van der Waals surface area (Å²) in [5.74, 6) is 0.0778. The fourth-order valence-corrected chi connectivity index (χ4v) is 1.33. The summed E-state index contributed by atoms with van der Waals surface area (Å²) < 4.78 is 1.59. The van der Waals surface area contributed by atoms with Gasteiger partial charge in [-0.25, -0.2) is 4.68 Å². The van der Waals surface area contributed by atoms with Crippen molar-refractivity contribution in [1.29, 1.82) is 0 Å². The Kier molecular flexibility index (Phi) is 6.31. The number of nitrogens with zero attached hydrogens (tertiary/aromatic N) is 3. The Labute approximate surface area is 107 Å². The number of aliphatic hydroxyl groups is 1. The van der Waals surface area contributed by atoms with Crippen LogP contribution in [0.1, 0.15) is 19.5 Å². The summed E-state index contributed by atoms with van der Waals surface area (Å²) in [5.41, 5.74) is 0.818. The van der Waals surface area contributed by atoms with Gasteiger partial charge in [-0.15, -0.1) is 5.10 Å². The standard InChI is InChI=1S/C11H21N5O2/c1-9(2)11(18)13-4-3-12-7-10-8-16(5-6-17)15-14-10/h8-9,12,17H,3-7H2,1-2H3,(H,13,18). The van der Waals surface area contributed by atoms with Gasteiger partial charge in [0.2, 0.25) is 5.91 Å². The van der Waals surface area contributed by atoms with Crippen LogP contribution in [0.4, 0.5) is 0 Å². The second-order valence-corrected chi connectivity index (χ2v) is 4.32. The molecule has 7 nitrogen and oxygen atoms in total. The maximum atomic E-state index is 11.3. The molecule has 1 aromatic heterocycles. The molecule has 1 rings (SSSR count). The highest BCUT2D eigenvalue weighted by Crippen LogP contribution is 1.92. The van der Waals surface area contributed by atoms with E-state index in [0.717, 1.165) is 5.69 Å². The molecule has 1 heterocycles. The molecule has 0 aliphatic heterocycles. The molecule has 18 heavy (non-hydrogen) atoms. The zero-order valence-electron chi connectivity index (χ0n) is 10.9. The van der Waals surface area contributed by atoms with Crippen molar-refractivity contribution < 1.29 is 9.90 Å². The van der Waals surface area contributed by atoms with Crippen LogP contribution in [0.25, 0.3) is 0 Å². The number of carbonyl (C=O) groups excluding carboxylic acids is 1. The molecule has 0 saturated heterocycles. The van der Waals surface area contributed by atoms with Gasteiger partial charge in [-0.05, 0) is 0 Å². The maximum absolute atomic E-state index is 11.3. The lowest BCUT2D eigenvalue weighted by molar-refractivity contribution is -0.123. The summed E-state index contributed by atoms with van der Waals surface area (Å²) in [6.45, 7) is 6.12. The Morgan fingerprint density at radius 1 is 1.50 bits per heavy atom. The normalized spacial score (nSPS) is 10.9. The zero-order valence-corrected chi connectivity index (χ0v) is 10.9. The second-order valence-electron chi connectivity index (χ2n) is 4.32. The SMILES string of the molecule is CC(C)C(=O)NCCNCc1cn(CCO)nn1. The van der Waals surface area contributed by atoms with Gasteiger partial charge >= 0.3 is 0 Å². The van der Waals surface area contributed by atoms with E-state index in [1.54, 1.807) is 10.9 Å². The molecule has 102 valence electrons. The van der Waals surface area contributed by atoms with E-state index in [4.69, 9.17) is 5.11 Å². The molecule has 0 aromatic carbocycles. The third kappa shape index (κ3) is 5.24. The molecule has 0 aliphatic carbocycles. The molecule has 3 N–H and O–H groups in total. The van der Waals surface area contributed by atoms with Gasteiger partial charge in [0, 0.05) is 31.7 Å². The van der Waals surface area contributed by atoms with Gasteiger partial charge in [0.15, 0.2) is 0 Å². The van der Waals surface area contributed by atoms with Crippen LogP contribution in [0.3, 0.4) is 0 Å². The fourth-order valence-electron chi connectivity index (χ4n) is 1.33. The van der Waals surface area contributed by atoms with Crippen molar-refractivity contribution in [3.63, 3.8) is 0 Å². The largest absolute Gasteiger partial charge is 0.394 e. The molecular formula is C11H21N5O2. The van der Waals surface area contributed by atoms with Crippen LogP contribution < -0.4 is 10.6 Å². The minimum absolute atomic E-state index is 0.0170. The number of nitrogens with one attached hydrogen (secondary N) is 2. The first-order valence-corrected chi connectivity index (χ1v) is 6.11. The number of amides is 1. The highest BCUT2D eigenvalue weighted by atomic mass is 16.3. The third-order valence-electron chi connectivity index (χ3n) is 2.35. The highest BCUT2D eigenvalue weighted by molar-refractivity contribution is 5.77. The summed E-state index contributed by atoms with van der Waals surface area (Å²) in [7, 11) is 0. The molecule has 1 amide bonds. The fraction of sp³-hybridized carbons (Fsp3) is 0.727. The van der Waals surface area contributed by atoms with Crippen molar-refractivity contribution in [2.45, 2.75) is 26.9 Å². The summed E-state index contributed by atoms with van der Waals surface area (Å²) in [6.07, 6.45) is 1.79. The minimum atomic E-state index is 0.0170. The Morgan fingerprint density at radius 2 is 2.28 bits per heavy atom. The predicted molar refractivity (Wildman–Crippen MR) is 66.7 cm³/mol. The first-order valence-electron chi connectivity index (χ1n) is 6.11. The van der Waals surface area contributed by atoms with Gasteiger partial charge in [-0.3, -0.25) is 4.79 Å². The number of aromatic nitrogens is 3. The van der Waals surface area contributed by atoms with E-state index in [0.29, 0.717) is 26.2 Å². The van der Waals surface area contributed by atoms with Gasteiger partial charge in [0.05, 0.1) is 18.8 Å². The summed E-state index contributed by atoms with van der Waals surface area (Å²) in [5, 5.41) is 22.5. The molecule has 0 unspecified atom stereocenters. The Hall–Kier alpha value is -1.47. The van der Waals surface area contributed by atoms with Crippen molar-refractivity contribution in [3.05, 3.63) is 11.9 Å². The predicted octanol–water partition coefficient (Wildman–Crippen LogP) is -0.868. The van der Waals surface area contributed by atoms with Gasteiger partial charge in [0.25, 0.3) is 0 Å². The van der Waals surface area contributed by atoms with Crippen molar-refractivity contribution in [3.8, 4) is 0 Å². The minimum Gasteiger partial charge on any atom is -0.394 e. The van der Waals surface area contributed by atoms with Crippen LogP contribution in [-0.4, -0.2) is 45.7 Å². The Balaban J connectivity index is 2.12. The molecule has 7 heteroatoms. The zero-order chi connectivity index (χ0) is 13.4. The van der Waals surface area contributed by atoms with E-state index in [1.165, 1.54) is 0 Å². The first kappa shape index (κ1) is 14.6. The van der Waals surface area contributed by atoms with E-state index in [-0.39, 0.29) is 18.4 Å². The van der Waals surface area contributed by atoms with Crippen molar-refractivity contribution in [2.75, 3.05) is 19.7 Å². The average Bonchev–Trinajstić information content (AvgIpc) is 2.76. The van der Waals surface area contributed by atoms with E-state index < -0.39 is 0 Å².